The Morgan fingerprint density at radius 3 is 3.00 bits per heavy atom. The van der Waals surface area contributed by atoms with Gasteiger partial charge in [-0.3, -0.25) is 5.32 Å². The van der Waals surface area contributed by atoms with E-state index in [1.54, 1.807) is 23.1 Å². The molecule has 2 aromatic rings. The lowest BCUT2D eigenvalue weighted by Gasteiger charge is -2.12. The van der Waals surface area contributed by atoms with Crippen LogP contribution in [-0.4, -0.2) is 16.9 Å². The molecule has 0 aromatic carbocycles. The molecule has 1 N–H and O–H groups in total. The second-order valence-corrected chi connectivity index (χ2v) is 5.19. The monoisotopic (exact) mass is 276 g/mol. The molecule has 2 rings (SSSR count). The number of aromatic nitrogens is 2. The number of ether oxygens (including phenoxy) is 1. The second-order valence-electron chi connectivity index (χ2n) is 4.15. The van der Waals surface area contributed by atoms with Gasteiger partial charge in [0.15, 0.2) is 0 Å². The van der Waals surface area contributed by atoms with Gasteiger partial charge in [-0.15, -0.1) is 11.3 Å². The van der Waals surface area contributed by atoms with E-state index >= 15 is 0 Å². The molecule has 2 heterocycles. The third-order valence-corrected chi connectivity index (χ3v) is 3.76. The molecule has 0 aliphatic carbocycles. The molecule has 100 valence electrons. The summed E-state index contributed by atoms with van der Waals surface area (Å²) in [5.41, 5.74) is 1.62. The van der Waals surface area contributed by atoms with Crippen LogP contribution in [0.1, 0.15) is 22.2 Å². The second kappa shape index (κ2) is 5.87. The van der Waals surface area contributed by atoms with Crippen LogP contribution in [0.2, 0.25) is 0 Å². The molecule has 0 saturated heterocycles. The van der Waals surface area contributed by atoms with E-state index in [9.17, 15) is 5.26 Å². The SMILES string of the molecule is COc1c(C(C#N)NCc2cccs2)c(C)nn1C. The van der Waals surface area contributed by atoms with Crippen molar-refractivity contribution >= 4 is 11.3 Å². The highest BCUT2D eigenvalue weighted by atomic mass is 32.1. The Morgan fingerprint density at radius 2 is 2.42 bits per heavy atom. The van der Waals surface area contributed by atoms with Gasteiger partial charge in [-0.05, 0) is 18.4 Å². The third-order valence-electron chi connectivity index (χ3n) is 2.89. The zero-order valence-electron chi connectivity index (χ0n) is 11.2. The lowest BCUT2D eigenvalue weighted by atomic mass is 10.1. The van der Waals surface area contributed by atoms with Crippen LogP contribution >= 0.6 is 11.3 Å². The van der Waals surface area contributed by atoms with E-state index in [0.717, 1.165) is 11.3 Å². The molecule has 0 spiro atoms. The molecule has 0 saturated carbocycles. The summed E-state index contributed by atoms with van der Waals surface area (Å²) in [6.45, 7) is 2.54. The number of aryl methyl sites for hydroxylation is 2. The molecule has 5 nitrogen and oxygen atoms in total. The summed E-state index contributed by atoms with van der Waals surface area (Å²) in [7, 11) is 3.40. The molecule has 0 aliphatic rings. The lowest BCUT2D eigenvalue weighted by Crippen LogP contribution is -2.20. The standard InChI is InChI=1S/C13H16N4OS/c1-9-12(13(18-3)17(2)16-9)11(7-14)15-8-10-5-4-6-19-10/h4-6,11,15H,8H2,1-3H3. The van der Waals surface area contributed by atoms with Crippen molar-refractivity contribution < 1.29 is 4.74 Å². The van der Waals surface area contributed by atoms with E-state index in [-0.39, 0.29) is 0 Å². The van der Waals surface area contributed by atoms with Crippen LogP contribution in [0.3, 0.4) is 0 Å². The fourth-order valence-electron chi connectivity index (χ4n) is 2.06. The molecule has 0 fully saturated rings. The summed E-state index contributed by atoms with van der Waals surface area (Å²) in [6.07, 6.45) is 0. The number of thiophene rings is 1. The first-order valence-electron chi connectivity index (χ1n) is 5.90. The Kier molecular flexibility index (Phi) is 4.20. The van der Waals surface area contributed by atoms with Crippen LogP contribution in [0.4, 0.5) is 0 Å². The smallest absolute Gasteiger partial charge is 0.217 e. The van der Waals surface area contributed by atoms with E-state index in [1.165, 1.54) is 4.88 Å². The number of methoxy groups -OCH3 is 1. The van der Waals surface area contributed by atoms with Crippen molar-refractivity contribution in [2.75, 3.05) is 7.11 Å². The van der Waals surface area contributed by atoms with E-state index in [1.807, 2.05) is 31.5 Å². The molecule has 2 aromatic heterocycles. The number of hydrogen-bond acceptors (Lipinski definition) is 5. The van der Waals surface area contributed by atoms with Gasteiger partial charge in [-0.1, -0.05) is 6.07 Å². The Hall–Kier alpha value is -1.84. The molecule has 1 unspecified atom stereocenters. The van der Waals surface area contributed by atoms with Crippen LogP contribution < -0.4 is 10.1 Å². The first-order valence-corrected chi connectivity index (χ1v) is 6.78. The summed E-state index contributed by atoms with van der Waals surface area (Å²) in [6, 6.07) is 5.88. The van der Waals surface area contributed by atoms with Gasteiger partial charge in [-0.25, -0.2) is 4.68 Å². The average molecular weight is 276 g/mol. The predicted octanol–water partition coefficient (Wildman–Crippen LogP) is 2.15. The van der Waals surface area contributed by atoms with E-state index in [4.69, 9.17) is 4.74 Å². The third kappa shape index (κ3) is 2.78. The van der Waals surface area contributed by atoms with Crippen molar-refractivity contribution in [1.82, 2.24) is 15.1 Å². The highest BCUT2D eigenvalue weighted by Gasteiger charge is 2.22. The fourth-order valence-corrected chi connectivity index (χ4v) is 2.71. The van der Waals surface area contributed by atoms with Crippen LogP contribution in [0, 0.1) is 18.3 Å². The number of nitrogens with one attached hydrogen (secondary N) is 1. The Bertz CT molecular complexity index is 583. The molecule has 19 heavy (non-hydrogen) atoms. The lowest BCUT2D eigenvalue weighted by molar-refractivity contribution is 0.366. The van der Waals surface area contributed by atoms with Gasteiger partial charge in [0.1, 0.15) is 6.04 Å². The maximum Gasteiger partial charge on any atom is 0.217 e. The minimum atomic E-state index is -0.425. The number of nitrogens with zero attached hydrogens (tertiary/aromatic N) is 3. The number of rotatable bonds is 5. The maximum absolute atomic E-state index is 9.36. The van der Waals surface area contributed by atoms with Crippen molar-refractivity contribution in [1.29, 1.82) is 5.26 Å². The van der Waals surface area contributed by atoms with Crippen molar-refractivity contribution in [2.45, 2.75) is 19.5 Å². The summed E-state index contributed by atoms with van der Waals surface area (Å²) < 4.78 is 6.98. The molecule has 0 aliphatic heterocycles. The Morgan fingerprint density at radius 1 is 1.63 bits per heavy atom. The van der Waals surface area contributed by atoms with Crippen molar-refractivity contribution in [3.63, 3.8) is 0 Å². The van der Waals surface area contributed by atoms with Crippen LogP contribution in [0.15, 0.2) is 17.5 Å². The average Bonchev–Trinajstić information content (AvgIpc) is 2.99. The van der Waals surface area contributed by atoms with E-state index in [0.29, 0.717) is 12.4 Å². The highest BCUT2D eigenvalue weighted by Crippen LogP contribution is 2.28. The van der Waals surface area contributed by atoms with E-state index in [2.05, 4.69) is 16.5 Å². The molecule has 0 amide bonds. The summed E-state index contributed by atoms with van der Waals surface area (Å²) in [4.78, 5) is 1.20. The fraction of sp³-hybridized carbons (Fsp3) is 0.385. The van der Waals surface area contributed by atoms with Crippen molar-refractivity contribution in [2.24, 2.45) is 7.05 Å². The molecular formula is C13H16N4OS. The minimum Gasteiger partial charge on any atom is -0.481 e. The maximum atomic E-state index is 9.36. The molecule has 1 atom stereocenters. The van der Waals surface area contributed by atoms with E-state index < -0.39 is 6.04 Å². The van der Waals surface area contributed by atoms with Gasteiger partial charge < -0.3 is 4.74 Å². The van der Waals surface area contributed by atoms with Crippen molar-refractivity contribution in [3.05, 3.63) is 33.6 Å². The largest absolute Gasteiger partial charge is 0.481 e. The first kappa shape index (κ1) is 13.6. The Balaban J connectivity index is 2.20. The van der Waals surface area contributed by atoms with Crippen LogP contribution in [0.25, 0.3) is 0 Å². The van der Waals surface area contributed by atoms with Crippen LogP contribution in [0.5, 0.6) is 5.88 Å². The van der Waals surface area contributed by atoms with Crippen molar-refractivity contribution in [3.8, 4) is 11.9 Å². The van der Waals surface area contributed by atoms with Crippen LogP contribution in [-0.2, 0) is 13.6 Å². The summed E-state index contributed by atoms with van der Waals surface area (Å²) >= 11 is 1.67. The topological polar surface area (TPSA) is 62.9 Å². The number of nitriles is 1. The van der Waals surface area contributed by atoms with Gasteiger partial charge >= 0.3 is 0 Å². The molecule has 0 bridgehead atoms. The van der Waals surface area contributed by atoms with Gasteiger partial charge in [0.2, 0.25) is 5.88 Å². The normalized spacial score (nSPS) is 12.1. The van der Waals surface area contributed by atoms with Gasteiger partial charge in [0.25, 0.3) is 0 Å². The number of hydrogen-bond donors (Lipinski definition) is 1. The zero-order valence-corrected chi connectivity index (χ0v) is 12.0. The predicted molar refractivity (Wildman–Crippen MR) is 74.0 cm³/mol. The van der Waals surface area contributed by atoms with Gasteiger partial charge in [0.05, 0.1) is 24.4 Å². The summed E-state index contributed by atoms with van der Waals surface area (Å²) in [5.74, 6) is 0.628. The van der Waals surface area contributed by atoms with Gasteiger partial charge in [0, 0.05) is 18.5 Å². The van der Waals surface area contributed by atoms with Gasteiger partial charge in [-0.2, -0.15) is 10.4 Å². The highest BCUT2D eigenvalue weighted by molar-refractivity contribution is 7.09. The Labute approximate surface area is 116 Å². The molecule has 6 heteroatoms. The summed E-state index contributed by atoms with van der Waals surface area (Å²) in [5, 5.41) is 18.9. The molecule has 0 radical (unpaired) electrons. The molecular weight excluding hydrogens is 260 g/mol. The quantitative estimate of drug-likeness (QED) is 0.909. The zero-order chi connectivity index (χ0) is 13.8. The first-order chi connectivity index (χ1) is 9.17. The minimum absolute atomic E-state index is 0.425.